The number of hydrogen-bond donors (Lipinski definition) is 0. The minimum atomic E-state index is 0.732. The lowest BCUT2D eigenvalue weighted by Crippen LogP contribution is -1.95. The van der Waals surface area contributed by atoms with Crippen molar-refractivity contribution >= 4 is 53.3 Å². The van der Waals surface area contributed by atoms with Crippen molar-refractivity contribution in [1.29, 1.82) is 0 Å². The molecule has 0 N–H and O–H groups in total. The zero-order valence-corrected chi connectivity index (χ0v) is 21.7. The summed E-state index contributed by atoms with van der Waals surface area (Å²) in [4.78, 5) is 15.1. The van der Waals surface area contributed by atoms with Gasteiger partial charge < -0.3 is 0 Å². The van der Waals surface area contributed by atoms with Crippen LogP contribution in [0.3, 0.4) is 0 Å². The molecule has 8 rings (SSSR count). The smallest absolute Gasteiger partial charge is 0.160 e. The van der Waals surface area contributed by atoms with Gasteiger partial charge in [-0.2, -0.15) is 0 Å². The Kier molecular flexibility index (Phi) is 5.00. The van der Waals surface area contributed by atoms with E-state index in [0.29, 0.717) is 0 Å². The molecule has 8 aromatic rings. The highest BCUT2D eigenvalue weighted by Crippen LogP contribution is 2.43. The van der Waals surface area contributed by atoms with Crippen LogP contribution in [-0.4, -0.2) is 15.0 Å². The third-order valence-corrected chi connectivity index (χ3v) is 8.48. The van der Waals surface area contributed by atoms with Gasteiger partial charge in [0.15, 0.2) is 5.82 Å². The first-order valence-corrected chi connectivity index (χ1v) is 13.8. The van der Waals surface area contributed by atoms with E-state index in [2.05, 4.69) is 97.1 Å². The summed E-state index contributed by atoms with van der Waals surface area (Å²) < 4.78 is 2.57. The van der Waals surface area contributed by atoms with Crippen LogP contribution in [0.2, 0.25) is 0 Å². The molecule has 182 valence electrons. The van der Waals surface area contributed by atoms with Crippen LogP contribution >= 0.6 is 11.3 Å². The topological polar surface area (TPSA) is 38.7 Å². The number of para-hydroxylation sites is 2. The molecule has 0 aliphatic rings. The van der Waals surface area contributed by atoms with Crippen molar-refractivity contribution in [3.05, 3.63) is 127 Å². The molecule has 0 unspecified atom stereocenters. The first kappa shape index (κ1) is 22.1. The van der Waals surface area contributed by atoms with Crippen LogP contribution in [0.25, 0.3) is 75.9 Å². The van der Waals surface area contributed by atoms with Gasteiger partial charge in [0.2, 0.25) is 0 Å². The summed E-state index contributed by atoms with van der Waals surface area (Å²) in [6.45, 7) is 0. The Morgan fingerprint density at radius 2 is 1.00 bits per heavy atom. The van der Waals surface area contributed by atoms with Crippen LogP contribution in [-0.2, 0) is 0 Å². The standard InChI is InChI=1S/C35H21N3S/c1-2-10-24(11-3-1)35-37-28-15-7-4-12-25(28)32(38-35)22-18-20-23(21-19-22)33-31-27-14-6-9-17-30(27)39-34(31)26-13-5-8-16-29(26)36-33/h1-21H. The Labute approximate surface area is 229 Å². The van der Waals surface area contributed by atoms with Crippen LogP contribution in [0.15, 0.2) is 127 Å². The molecule has 3 heterocycles. The number of nitrogens with zero attached hydrogens (tertiary/aromatic N) is 3. The zero-order chi connectivity index (χ0) is 25.8. The summed E-state index contributed by atoms with van der Waals surface area (Å²) in [5, 5.41) is 4.72. The van der Waals surface area contributed by atoms with E-state index in [9.17, 15) is 0 Å². The fourth-order valence-electron chi connectivity index (χ4n) is 5.42. The number of aromatic nitrogens is 3. The molecule has 0 spiro atoms. The highest BCUT2D eigenvalue weighted by atomic mass is 32.1. The molecule has 5 aromatic carbocycles. The Balaban J connectivity index is 1.33. The second-order valence-corrected chi connectivity index (χ2v) is 10.7. The van der Waals surface area contributed by atoms with E-state index >= 15 is 0 Å². The normalized spacial score (nSPS) is 11.6. The largest absolute Gasteiger partial charge is 0.247 e. The summed E-state index contributed by atoms with van der Waals surface area (Å²) in [5.41, 5.74) is 7.07. The molecule has 0 amide bonds. The molecule has 0 aliphatic heterocycles. The van der Waals surface area contributed by atoms with Crippen molar-refractivity contribution in [2.75, 3.05) is 0 Å². The SMILES string of the molecule is c1ccc(-c2nc(-c3ccc(-c4nc5ccccc5c5sc6ccccc6c45)cc3)c3ccccc3n2)cc1. The summed E-state index contributed by atoms with van der Waals surface area (Å²) in [6, 6.07) is 44.1. The van der Waals surface area contributed by atoms with E-state index in [0.717, 1.165) is 50.3 Å². The average molecular weight is 516 g/mol. The predicted octanol–water partition coefficient (Wildman–Crippen LogP) is 9.55. The van der Waals surface area contributed by atoms with Gasteiger partial charge in [-0.25, -0.2) is 15.0 Å². The van der Waals surface area contributed by atoms with E-state index in [4.69, 9.17) is 15.0 Å². The molecule has 3 nitrogen and oxygen atoms in total. The number of benzene rings is 5. The predicted molar refractivity (Wildman–Crippen MR) is 164 cm³/mol. The Morgan fingerprint density at radius 1 is 0.410 bits per heavy atom. The van der Waals surface area contributed by atoms with E-state index in [1.165, 1.54) is 25.6 Å². The molecule has 0 atom stereocenters. The molecule has 0 saturated heterocycles. The zero-order valence-electron chi connectivity index (χ0n) is 20.9. The maximum absolute atomic E-state index is 5.18. The maximum atomic E-state index is 5.18. The summed E-state index contributed by atoms with van der Waals surface area (Å²) >= 11 is 1.84. The lowest BCUT2D eigenvalue weighted by molar-refractivity contribution is 1.23. The summed E-state index contributed by atoms with van der Waals surface area (Å²) in [5.74, 6) is 0.732. The van der Waals surface area contributed by atoms with Crippen LogP contribution in [0.4, 0.5) is 0 Å². The van der Waals surface area contributed by atoms with Gasteiger partial charge in [-0.05, 0) is 18.2 Å². The molecule has 0 bridgehead atoms. The third kappa shape index (κ3) is 3.61. The van der Waals surface area contributed by atoms with Crippen LogP contribution in [0.1, 0.15) is 0 Å². The second kappa shape index (κ2) is 8.83. The van der Waals surface area contributed by atoms with Gasteiger partial charge in [0.05, 0.1) is 22.4 Å². The van der Waals surface area contributed by atoms with E-state index < -0.39 is 0 Å². The molecular weight excluding hydrogens is 494 g/mol. The third-order valence-electron chi connectivity index (χ3n) is 7.28. The van der Waals surface area contributed by atoms with Crippen molar-refractivity contribution in [1.82, 2.24) is 15.0 Å². The van der Waals surface area contributed by atoms with Crippen LogP contribution in [0.5, 0.6) is 0 Å². The van der Waals surface area contributed by atoms with Gasteiger partial charge in [0.25, 0.3) is 0 Å². The lowest BCUT2D eigenvalue weighted by atomic mass is 9.99. The van der Waals surface area contributed by atoms with Gasteiger partial charge in [-0.15, -0.1) is 11.3 Å². The molecule has 4 heteroatoms. The highest BCUT2D eigenvalue weighted by Gasteiger charge is 2.17. The van der Waals surface area contributed by atoms with Crippen LogP contribution in [0, 0.1) is 0 Å². The van der Waals surface area contributed by atoms with Crippen molar-refractivity contribution in [3.8, 4) is 33.9 Å². The van der Waals surface area contributed by atoms with Gasteiger partial charge in [0, 0.05) is 47.6 Å². The molecular formula is C35H21N3S. The second-order valence-electron chi connectivity index (χ2n) is 9.64. The Hall–Kier alpha value is -4.93. The first-order chi connectivity index (χ1) is 19.3. The fraction of sp³-hybridized carbons (Fsp3) is 0. The fourth-order valence-corrected chi connectivity index (χ4v) is 6.66. The first-order valence-electron chi connectivity index (χ1n) is 13.0. The molecule has 0 radical (unpaired) electrons. The summed E-state index contributed by atoms with van der Waals surface area (Å²) in [7, 11) is 0. The number of thiophene rings is 1. The number of pyridine rings is 1. The molecule has 0 aliphatic carbocycles. The average Bonchev–Trinajstić information content (AvgIpc) is 3.41. The minimum Gasteiger partial charge on any atom is -0.247 e. The molecule has 3 aromatic heterocycles. The van der Waals surface area contributed by atoms with Gasteiger partial charge in [-0.3, -0.25) is 0 Å². The van der Waals surface area contributed by atoms with Gasteiger partial charge in [0.1, 0.15) is 0 Å². The van der Waals surface area contributed by atoms with Crippen molar-refractivity contribution in [3.63, 3.8) is 0 Å². The van der Waals surface area contributed by atoms with E-state index in [1.807, 2.05) is 41.7 Å². The van der Waals surface area contributed by atoms with E-state index in [1.54, 1.807) is 0 Å². The summed E-state index contributed by atoms with van der Waals surface area (Å²) in [6.07, 6.45) is 0. The monoisotopic (exact) mass is 515 g/mol. The Morgan fingerprint density at radius 3 is 1.77 bits per heavy atom. The van der Waals surface area contributed by atoms with Crippen molar-refractivity contribution in [2.45, 2.75) is 0 Å². The number of hydrogen-bond acceptors (Lipinski definition) is 4. The quantitative estimate of drug-likeness (QED) is 0.235. The Bertz CT molecular complexity index is 2160. The van der Waals surface area contributed by atoms with Gasteiger partial charge >= 0.3 is 0 Å². The maximum Gasteiger partial charge on any atom is 0.160 e. The molecule has 0 saturated carbocycles. The lowest BCUT2D eigenvalue weighted by Gasteiger charge is -2.11. The molecule has 0 fully saturated rings. The number of fused-ring (bicyclic) bond motifs is 6. The van der Waals surface area contributed by atoms with Crippen LogP contribution < -0.4 is 0 Å². The molecule has 39 heavy (non-hydrogen) atoms. The highest BCUT2D eigenvalue weighted by molar-refractivity contribution is 7.26. The van der Waals surface area contributed by atoms with Crippen molar-refractivity contribution in [2.24, 2.45) is 0 Å². The van der Waals surface area contributed by atoms with E-state index in [-0.39, 0.29) is 0 Å². The van der Waals surface area contributed by atoms with Crippen molar-refractivity contribution < 1.29 is 0 Å². The minimum absolute atomic E-state index is 0.732. The van der Waals surface area contributed by atoms with Gasteiger partial charge in [-0.1, -0.05) is 109 Å². The number of rotatable bonds is 3.